The molecule has 1 aliphatic carbocycles. The molecule has 6 heteroatoms. The number of halogens is 2. The molecule has 0 radical (unpaired) electrons. The van der Waals surface area contributed by atoms with Gasteiger partial charge in [0, 0.05) is 11.8 Å². The molecule has 0 aromatic carbocycles. The highest BCUT2D eigenvalue weighted by atomic mass is 79.9. The van der Waals surface area contributed by atoms with Gasteiger partial charge < -0.3 is 4.43 Å². The second-order valence-corrected chi connectivity index (χ2v) is 13.1. The van der Waals surface area contributed by atoms with Crippen LogP contribution in [-0.4, -0.2) is 24.4 Å². The van der Waals surface area contributed by atoms with E-state index in [4.69, 9.17) is 16.0 Å². The summed E-state index contributed by atoms with van der Waals surface area (Å²) in [7, 11) is -1.93. The molecule has 0 saturated heterocycles. The second-order valence-electron chi connectivity index (χ2n) is 7.43. The van der Waals surface area contributed by atoms with Gasteiger partial charge in [0.1, 0.15) is 5.60 Å². The average Bonchev–Trinajstić information content (AvgIpc) is 3.16. The van der Waals surface area contributed by atoms with E-state index in [-0.39, 0.29) is 16.2 Å². The van der Waals surface area contributed by atoms with E-state index in [1.807, 2.05) is 0 Å². The number of Topliss-reactive ketones (excluding diaryl/α,β-unsaturated/α-hetero) is 1. The van der Waals surface area contributed by atoms with Crippen molar-refractivity contribution in [3.05, 3.63) is 28.5 Å². The number of hydrogen-bond acceptors (Lipinski definition) is 3. The Kier molecular flexibility index (Phi) is 4.94. The van der Waals surface area contributed by atoms with Crippen molar-refractivity contribution >= 4 is 41.6 Å². The van der Waals surface area contributed by atoms with Crippen LogP contribution in [0, 0.1) is 0 Å². The maximum absolute atomic E-state index is 12.0. The summed E-state index contributed by atoms with van der Waals surface area (Å²) >= 11 is 9.68. The van der Waals surface area contributed by atoms with E-state index >= 15 is 0 Å². The molecule has 1 aromatic rings. The minimum Gasteiger partial charge on any atom is -0.406 e. The summed E-state index contributed by atoms with van der Waals surface area (Å²) < 4.78 is 6.61. The van der Waals surface area contributed by atoms with Gasteiger partial charge in [0.05, 0.1) is 16.0 Å². The molecule has 1 saturated carbocycles. The smallest absolute Gasteiger partial charge is 0.193 e. The first kappa shape index (κ1) is 18.1. The third-order valence-corrected chi connectivity index (χ3v) is 10.1. The van der Waals surface area contributed by atoms with Gasteiger partial charge in [-0.15, -0.1) is 0 Å². The highest BCUT2D eigenvalue weighted by Gasteiger charge is 2.54. The summed E-state index contributed by atoms with van der Waals surface area (Å²) in [6.07, 6.45) is 3.49. The molecule has 1 fully saturated rings. The van der Waals surface area contributed by atoms with E-state index in [1.54, 1.807) is 12.3 Å². The molecule has 0 atom stereocenters. The first-order valence-electron chi connectivity index (χ1n) is 7.48. The molecular weight excluding hydrogens is 382 g/mol. The van der Waals surface area contributed by atoms with Gasteiger partial charge in [0.2, 0.25) is 0 Å². The van der Waals surface area contributed by atoms with Crippen molar-refractivity contribution in [2.75, 3.05) is 5.33 Å². The number of nitrogens with zero attached hydrogens (tertiary/aromatic N) is 1. The normalized spacial score (nSPS) is 17.4. The molecule has 22 heavy (non-hydrogen) atoms. The van der Waals surface area contributed by atoms with Crippen molar-refractivity contribution in [3.63, 3.8) is 0 Å². The summed E-state index contributed by atoms with van der Waals surface area (Å²) in [5.74, 6) is -0.0308. The molecule has 122 valence electrons. The second kappa shape index (κ2) is 6.00. The Labute approximate surface area is 147 Å². The Bertz CT molecular complexity index is 594. The quantitative estimate of drug-likeness (QED) is 0.378. The summed E-state index contributed by atoms with van der Waals surface area (Å²) in [4.78, 5) is 16.4. The molecule has 2 rings (SSSR count). The molecule has 1 aromatic heterocycles. The third-order valence-electron chi connectivity index (χ3n) is 4.70. The lowest BCUT2D eigenvalue weighted by molar-refractivity contribution is 0.102. The molecule has 0 spiro atoms. The largest absolute Gasteiger partial charge is 0.406 e. The first-order chi connectivity index (χ1) is 10.0. The Balaban J connectivity index is 2.38. The van der Waals surface area contributed by atoms with Crippen LogP contribution in [0.1, 0.15) is 49.7 Å². The van der Waals surface area contributed by atoms with Crippen LogP contribution in [0.3, 0.4) is 0 Å². The molecule has 0 aliphatic heterocycles. The van der Waals surface area contributed by atoms with Crippen molar-refractivity contribution in [1.82, 2.24) is 4.98 Å². The predicted molar refractivity (Wildman–Crippen MR) is 96.6 cm³/mol. The maximum atomic E-state index is 12.0. The highest BCUT2D eigenvalue weighted by Crippen LogP contribution is 2.55. The first-order valence-corrected chi connectivity index (χ1v) is 11.9. The summed E-state index contributed by atoms with van der Waals surface area (Å²) in [5, 5.41) is 0.827. The van der Waals surface area contributed by atoms with Gasteiger partial charge >= 0.3 is 0 Å². The van der Waals surface area contributed by atoms with Crippen molar-refractivity contribution in [2.45, 2.75) is 57.3 Å². The van der Waals surface area contributed by atoms with Gasteiger partial charge in [-0.05, 0) is 37.0 Å². The number of alkyl halides is 1. The topological polar surface area (TPSA) is 39.2 Å². The van der Waals surface area contributed by atoms with Crippen LogP contribution in [0.15, 0.2) is 12.3 Å². The Morgan fingerprint density at radius 3 is 2.50 bits per heavy atom. The fourth-order valence-electron chi connectivity index (χ4n) is 2.19. The van der Waals surface area contributed by atoms with Crippen LogP contribution in [0.4, 0.5) is 0 Å². The molecule has 3 nitrogen and oxygen atoms in total. The molecule has 0 N–H and O–H groups in total. The molecular formula is C16H23BrClNO2Si. The lowest BCUT2D eigenvalue weighted by atomic mass is 10.1. The third kappa shape index (κ3) is 3.32. The Morgan fingerprint density at radius 1 is 1.45 bits per heavy atom. The summed E-state index contributed by atoms with van der Waals surface area (Å²) in [6, 6.07) is 1.68. The molecule has 0 unspecified atom stereocenters. The zero-order valence-corrected chi connectivity index (χ0v) is 17.1. The van der Waals surface area contributed by atoms with Crippen molar-refractivity contribution in [2.24, 2.45) is 0 Å². The van der Waals surface area contributed by atoms with Gasteiger partial charge in [0.25, 0.3) is 0 Å². The average molecular weight is 405 g/mol. The molecule has 1 heterocycles. The van der Waals surface area contributed by atoms with Crippen LogP contribution in [0.25, 0.3) is 0 Å². The number of carbonyl (C=O) groups excluding carboxylic acids is 1. The molecule has 1 aliphatic rings. The molecule has 0 amide bonds. The maximum Gasteiger partial charge on any atom is 0.193 e. The van der Waals surface area contributed by atoms with Crippen molar-refractivity contribution < 1.29 is 9.22 Å². The zero-order chi connectivity index (χ0) is 16.8. The van der Waals surface area contributed by atoms with Gasteiger partial charge in [-0.3, -0.25) is 9.78 Å². The summed E-state index contributed by atoms with van der Waals surface area (Å²) in [5.41, 5.74) is 0.849. The van der Waals surface area contributed by atoms with Crippen LogP contribution in [0.5, 0.6) is 0 Å². The minimum atomic E-state index is -1.93. The van der Waals surface area contributed by atoms with E-state index < -0.39 is 13.9 Å². The Hall–Kier alpha value is -0.233. The molecule has 0 bridgehead atoms. The number of rotatable bonds is 5. The van der Waals surface area contributed by atoms with Gasteiger partial charge in [-0.25, -0.2) is 0 Å². The van der Waals surface area contributed by atoms with Crippen molar-refractivity contribution in [3.8, 4) is 0 Å². The van der Waals surface area contributed by atoms with Gasteiger partial charge in [-0.2, -0.15) is 0 Å². The van der Waals surface area contributed by atoms with E-state index in [9.17, 15) is 4.79 Å². The Morgan fingerprint density at radius 2 is 2.05 bits per heavy atom. The monoisotopic (exact) mass is 403 g/mol. The fraction of sp³-hybridized carbons (Fsp3) is 0.625. The van der Waals surface area contributed by atoms with E-state index in [2.05, 4.69) is 54.8 Å². The number of hydrogen-bond donors (Lipinski definition) is 0. The van der Waals surface area contributed by atoms with E-state index in [0.29, 0.717) is 10.6 Å². The van der Waals surface area contributed by atoms with Crippen LogP contribution in [0.2, 0.25) is 23.2 Å². The van der Waals surface area contributed by atoms with Gasteiger partial charge in [-0.1, -0.05) is 48.3 Å². The zero-order valence-electron chi connectivity index (χ0n) is 13.8. The number of aromatic nitrogens is 1. The number of carbonyl (C=O) groups is 1. The predicted octanol–water partition coefficient (Wildman–Crippen LogP) is 5.32. The standard InChI is InChI=1S/C16H23BrClNO2Si/c1-15(2,3)22(4,5)21-16(7-8-16)14-13(18)11(6-9-19-14)12(20)10-17/h6,9H,7-8,10H2,1-5H3. The van der Waals surface area contributed by atoms with Crippen LogP contribution >= 0.6 is 27.5 Å². The van der Waals surface area contributed by atoms with Crippen LogP contribution < -0.4 is 0 Å². The van der Waals surface area contributed by atoms with Crippen molar-refractivity contribution in [1.29, 1.82) is 0 Å². The minimum absolute atomic E-state index is 0.0308. The van der Waals surface area contributed by atoms with E-state index in [1.165, 1.54) is 0 Å². The summed E-state index contributed by atoms with van der Waals surface area (Å²) in [6.45, 7) is 11.1. The lowest BCUT2D eigenvalue weighted by Crippen LogP contribution is -2.44. The van der Waals surface area contributed by atoms with Crippen LogP contribution in [-0.2, 0) is 10.0 Å². The SMILES string of the molecule is CC(C)(C)[Si](C)(C)OC1(c2nccc(C(=O)CBr)c2Cl)CC1. The highest BCUT2D eigenvalue weighted by molar-refractivity contribution is 9.09. The number of ketones is 1. The lowest BCUT2D eigenvalue weighted by Gasteiger charge is -2.39. The van der Waals surface area contributed by atoms with E-state index in [0.717, 1.165) is 18.5 Å². The van der Waals surface area contributed by atoms with Gasteiger partial charge in [0.15, 0.2) is 14.1 Å². The number of pyridine rings is 1. The fourth-order valence-corrected chi connectivity index (χ4v) is 4.47.